The van der Waals surface area contributed by atoms with Crippen LogP contribution in [0.4, 0.5) is 14.5 Å². The minimum atomic E-state index is -3.82. The van der Waals surface area contributed by atoms with Gasteiger partial charge in [-0.05, 0) is 48.5 Å². The molecule has 0 heterocycles. The monoisotopic (exact) mass is 324 g/mol. The molecule has 22 heavy (non-hydrogen) atoms. The Kier molecular flexibility index (Phi) is 4.58. The van der Waals surface area contributed by atoms with E-state index in [1.807, 2.05) is 6.07 Å². The van der Waals surface area contributed by atoms with E-state index in [1.54, 1.807) is 0 Å². The van der Waals surface area contributed by atoms with Crippen LogP contribution in [-0.2, 0) is 10.0 Å². The summed E-state index contributed by atoms with van der Waals surface area (Å²) >= 11 is 0. The lowest BCUT2D eigenvalue weighted by Crippen LogP contribution is -2.12. The van der Waals surface area contributed by atoms with E-state index in [-0.39, 0.29) is 16.3 Å². The summed E-state index contributed by atoms with van der Waals surface area (Å²) in [5.41, 5.74) is 0.540. The van der Waals surface area contributed by atoms with Crippen molar-refractivity contribution in [2.24, 2.45) is 0 Å². The van der Waals surface area contributed by atoms with Crippen molar-refractivity contribution < 1.29 is 21.9 Å². The molecule has 0 saturated heterocycles. The number of nitrogens with one attached hydrogen (secondary N) is 1. The molecule has 0 atom stereocenters. The Morgan fingerprint density at radius 1 is 1.05 bits per heavy atom. The maximum atomic E-state index is 12.1. The lowest BCUT2D eigenvalue weighted by atomic mass is 10.2. The Hall–Kier alpha value is -2.66. The lowest BCUT2D eigenvalue weighted by Gasteiger charge is -2.09. The second kappa shape index (κ2) is 6.41. The highest BCUT2D eigenvalue weighted by molar-refractivity contribution is 7.92. The molecule has 0 amide bonds. The molecule has 5 nitrogen and oxygen atoms in total. The van der Waals surface area contributed by atoms with E-state index >= 15 is 0 Å². The Morgan fingerprint density at radius 3 is 2.14 bits per heavy atom. The highest BCUT2D eigenvalue weighted by atomic mass is 32.2. The first-order valence-electron chi connectivity index (χ1n) is 5.98. The van der Waals surface area contributed by atoms with Crippen LogP contribution in [-0.4, -0.2) is 15.0 Å². The standard InChI is InChI=1S/C14H10F2N2O3S/c15-14(16)21-12-5-3-11(4-6-12)18-22(19,20)13-7-1-10(9-17)2-8-13/h1-8,14,18H. The average molecular weight is 324 g/mol. The van der Waals surface area contributed by atoms with Crippen LogP contribution < -0.4 is 9.46 Å². The number of alkyl halides is 2. The van der Waals surface area contributed by atoms with Gasteiger partial charge in [-0.2, -0.15) is 14.0 Å². The van der Waals surface area contributed by atoms with Gasteiger partial charge in [0, 0.05) is 5.69 Å². The van der Waals surface area contributed by atoms with Crippen molar-refractivity contribution in [3.63, 3.8) is 0 Å². The molecule has 2 rings (SSSR count). The minimum Gasteiger partial charge on any atom is -0.435 e. The molecule has 0 aliphatic heterocycles. The van der Waals surface area contributed by atoms with E-state index in [4.69, 9.17) is 5.26 Å². The summed E-state index contributed by atoms with van der Waals surface area (Å²) in [4.78, 5) is -0.0144. The van der Waals surface area contributed by atoms with Crippen molar-refractivity contribution in [1.29, 1.82) is 5.26 Å². The van der Waals surface area contributed by atoms with Gasteiger partial charge >= 0.3 is 6.61 Å². The maximum Gasteiger partial charge on any atom is 0.387 e. The van der Waals surface area contributed by atoms with Gasteiger partial charge in [-0.3, -0.25) is 4.72 Å². The van der Waals surface area contributed by atoms with Gasteiger partial charge in [-0.25, -0.2) is 8.42 Å². The smallest absolute Gasteiger partial charge is 0.387 e. The normalized spacial score (nSPS) is 11.0. The van der Waals surface area contributed by atoms with Gasteiger partial charge in [-0.15, -0.1) is 0 Å². The van der Waals surface area contributed by atoms with Gasteiger partial charge in [0.1, 0.15) is 5.75 Å². The minimum absolute atomic E-state index is 0.0144. The lowest BCUT2D eigenvalue weighted by molar-refractivity contribution is -0.0498. The van der Waals surface area contributed by atoms with Gasteiger partial charge in [0.15, 0.2) is 0 Å². The summed E-state index contributed by atoms with van der Waals surface area (Å²) in [6, 6.07) is 12.3. The highest BCUT2D eigenvalue weighted by Crippen LogP contribution is 2.20. The van der Waals surface area contributed by atoms with Gasteiger partial charge in [0.25, 0.3) is 10.0 Å². The van der Waals surface area contributed by atoms with E-state index < -0.39 is 16.6 Å². The van der Waals surface area contributed by atoms with E-state index in [2.05, 4.69) is 9.46 Å². The zero-order valence-electron chi connectivity index (χ0n) is 11.0. The van der Waals surface area contributed by atoms with Gasteiger partial charge < -0.3 is 4.74 Å². The number of hydrogen-bond acceptors (Lipinski definition) is 4. The summed E-state index contributed by atoms with van der Waals surface area (Å²) < 4.78 is 54.7. The average Bonchev–Trinajstić information content (AvgIpc) is 2.48. The number of rotatable bonds is 5. The molecule has 114 valence electrons. The highest BCUT2D eigenvalue weighted by Gasteiger charge is 2.14. The predicted molar refractivity (Wildman–Crippen MR) is 75.0 cm³/mol. The Labute approximate surface area is 125 Å². The molecule has 8 heteroatoms. The summed E-state index contributed by atoms with van der Waals surface area (Å²) in [6.07, 6.45) is 0. The third-order valence-electron chi connectivity index (χ3n) is 2.63. The third kappa shape index (κ3) is 3.93. The number of nitrogens with zero attached hydrogens (tertiary/aromatic N) is 1. The van der Waals surface area contributed by atoms with E-state index in [0.29, 0.717) is 5.56 Å². The summed E-state index contributed by atoms with van der Waals surface area (Å²) in [7, 11) is -3.82. The van der Waals surface area contributed by atoms with Crippen molar-refractivity contribution in [3.8, 4) is 11.8 Å². The van der Waals surface area contributed by atoms with E-state index in [1.165, 1.54) is 48.5 Å². The molecule has 2 aromatic rings. The zero-order valence-corrected chi connectivity index (χ0v) is 11.8. The van der Waals surface area contributed by atoms with Crippen LogP contribution in [0.15, 0.2) is 53.4 Å². The van der Waals surface area contributed by atoms with Gasteiger partial charge in [0.2, 0.25) is 0 Å². The first-order valence-corrected chi connectivity index (χ1v) is 7.47. The SMILES string of the molecule is N#Cc1ccc(S(=O)(=O)Nc2ccc(OC(F)F)cc2)cc1. The molecule has 0 radical (unpaired) electrons. The first-order chi connectivity index (χ1) is 10.4. The van der Waals surface area contributed by atoms with Gasteiger partial charge in [0.05, 0.1) is 16.5 Å². The molecule has 0 saturated carbocycles. The molecule has 0 aliphatic carbocycles. The number of ether oxygens (including phenoxy) is 1. The fourth-order valence-electron chi connectivity index (χ4n) is 1.63. The van der Waals surface area contributed by atoms with Crippen molar-refractivity contribution in [2.45, 2.75) is 11.5 Å². The second-order valence-electron chi connectivity index (χ2n) is 4.14. The molecule has 0 spiro atoms. The van der Waals surface area contributed by atoms with Crippen molar-refractivity contribution >= 4 is 15.7 Å². The van der Waals surface area contributed by atoms with Crippen LogP contribution in [0.2, 0.25) is 0 Å². The molecule has 2 aromatic carbocycles. The Balaban J connectivity index is 2.16. The maximum absolute atomic E-state index is 12.1. The predicted octanol–water partition coefficient (Wildman–Crippen LogP) is 2.96. The Morgan fingerprint density at radius 2 is 1.64 bits per heavy atom. The zero-order chi connectivity index (χ0) is 16.2. The topological polar surface area (TPSA) is 79.2 Å². The molecular formula is C14H10F2N2O3S. The number of benzene rings is 2. The number of anilines is 1. The van der Waals surface area contributed by atoms with Crippen LogP contribution in [0.3, 0.4) is 0 Å². The van der Waals surface area contributed by atoms with Gasteiger partial charge in [-0.1, -0.05) is 0 Å². The van der Waals surface area contributed by atoms with Crippen LogP contribution >= 0.6 is 0 Å². The fraction of sp³-hybridized carbons (Fsp3) is 0.0714. The molecule has 0 fully saturated rings. The molecule has 0 aliphatic rings. The summed E-state index contributed by atoms with van der Waals surface area (Å²) in [6.45, 7) is -2.94. The van der Waals surface area contributed by atoms with Crippen LogP contribution in [0.5, 0.6) is 5.75 Å². The molecule has 0 bridgehead atoms. The van der Waals surface area contributed by atoms with Crippen LogP contribution in [0, 0.1) is 11.3 Å². The number of halogens is 2. The second-order valence-corrected chi connectivity index (χ2v) is 5.83. The van der Waals surface area contributed by atoms with Crippen molar-refractivity contribution in [1.82, 2.24) is 0 Å². The fourth-order valence-corrected chi connectivity index (χ4v) is 2.69. The third-order valence-corrected chi connectivity index (χ3v) is 4.02. The molecule has 0 aromatic heterocycles. The largest absolute Gasteiger partial charge is 0.435 e. The molecule has 0 unspecified atom stereocenters. The number of nitriles is 1. The van der Waals surface area contributed by atoms with Crippen molar-refractivity contribution in [3.05, 3.63) is 54.1 Å². The number of hydrogen-bond donors (Lipinski definition) is 1. The van der Waals surface area contributed by atoms with Crippen LogP contribution in [0.25, 0.3) is 0 Å². The number of sulfonamides is 1. The van der Waals surface area contributed by atoms with E-state index in [0.717, 1.165) is 0 Å². The van der Waals surface area contributed by atoms with Crippen molar-refractivity contribution in [2.75, 3.05) is 4.72 Å². The molecular weight excluding hydrogens is 314 g/mol. The van der Waals surface area contributed by atoms with Crippen LogP contribution in [0.1, 0.15) is 5.56 Å². The molecule has 1 N–H and O–H groups in total. The summed E-state index contributed by atoms with van der Waals surface area (Å²) in [5.74, 6) is -0.0729. The quantitative estimate of drug-likeness (QED) is 0.917. The Bertz CT molecular complexity index is 782. The summed E-state index contributed by atoms with van der Waals surface area (Å²) in [5, 5.41) is 8.67. The van der Waals surface area contributed by atoms with E-state index in [9.17, 15) is 17.2 Å². The first kappa shape index (κ1) is 15.7.